The second-order valence-electron chi connectivity index (χ2n) is 3.12. The zero-order valence-electron chi connectivity index (χ0n) is 7.56. The van der Waals surface area contributed by atoms with Gasteiger partial charge in [-0.25, -0.2) is 4.79 Å². The fourth-order valence-corrected chi connectivity index (χ4v) is 2.84. The second kappa shape index (κ2) is 3.62. The summed E-state index contributed by atoms with van der Waals surface area (Å²) in [5, 5.41) is 9.06. The van der Waals surface area contributed by atoms with Gasteiger partial charge < -0.3 is 10.6 Å². The van der Waals surface area contributed by atoms with E-state index in [2.05, 4.69) is 0 Å². The van der Waals surface area contributed by atoms with Gasteiger partial charge in [0.25, 0.3) is 0 Å². The molecule has 0 bridgehead atoms. The van der Waals surface area contributed by atoms with Crippen LogP contribution in [0.25, 0.3) is 0 Å². The number of carboxylic acids is 1. The molecule has 6 heteroatoms. The SMILES string of the molecule is CC1C=C(C(=O)O)N2C(=O)C[C@H]2S1.O. The molecule has 2 rings (SSSR count). The Morgan fingerprint density at radius 1 is 1.71 bits per heavy atom. The Labute approximate surface area is 85.1 Å². The first kappa shape index (κ1) is 11.1. The molecule has 0 saturated carbocycles. The quantitative estimate of drug-likeness (QED) is 0.617. The van der Waals surface area contributed by atoms with Gasteiger partial charge in [-0.3, -0.25) is 9.69 Å². The summed E-state index contributed by atoms with van der Waals surface area (Å²) in [7, 11) is 0. The molecule has 0 aromatic carbocycles. The van der Waals surface area contributed by atoms with E-state index in [-0.39, 0.29) is 27.7 Å². The third kappa shape index (κ3) is 1.51. The Balaban J connectivity index is 0.000000980. The van der Waals surface area contributed by atoms with Gasteiger partial charge in [-0.1, -0.05) is 0 Å². The van der Waals surface area contributed by atoms with Crippen molar-refractivity contribution in [2.24, 2.45) is 0 Å². The Kier molecular flexibility index (Phi) is 2.86. The molecular formula is C8H11NO4S. The van der Waals surface area contributed by atoms with Crippen LogP contribution in [-0.2, 0) is 9.59 Å². The van der Waals surface area contributed by atoms with Gasteiger partial charge >= 0.3 is 5.97 Å². The maximum absolute atomic E-state index is 11.1. The molecule has 1 amide bonds. The standard InChI is InChI=1S/C8H9NO3S.H2O/c1-4-2-5(8(11)12)9-6(10)3-7(9)13-4;/h2,4,7H,3H2,1H3,(H,11,12);1H2/t4?,7-;/m1./s1. The third-order valence-electron chi connectivity index (χ3n) is 2.15. The van der Waals surface area contributed by atoms with Crippen molar-refractivity contribution in [3.05, 3.63) is 11.8 Å². The number of hydrogen-bond acceptors (Lipinski definition) is 3. The molecule has 2 atom stereocenters. The number of aliphatic carboxylic acids is 1. The van der Waals surface area contributed by atoms with Crippen molar-refractivity contribution in [1.29, 1.82) is 0 Å². The molecular weight excluding hydrogens is 206 g/mol. The number of rotatable bonds is 1. The number of hydrogen-bond donors (Lipinski definition) is 1. The van der Waals surface area contributed by atoms with Crippen molar-refractivity contribution in [3.63, 3.8) is 0 Å². The van der Waals surface area contributed by atoms with Gasteiger partial charge in [-0.05, 0) is 13.0 Å². The summed E-state index contributed by atoms with van der Waals surface area (Å²) in [6.07, 6.45) is 2.10. The minimum Gasteiger partial charge on any atom is -0.477 e. The van der Waals surface area contributed by atoms with E-state index in [0.29, 0.717) is 6.42 Å². The molecule has 5 nitrogen and oxygen atoms in total. The van der Waals surface area contributed by atoms with Crippen molar-refractivity contribution in [2.45, 2.75) is 24.0 Å². The van der Waals surface area contributed by atoms with Crippen molar-refractivity contribution in [2.75, 3.05) is 0 Å². The molecule has 0 aromatic heterocycles. The summed E-state index contributed by atoms with van der Waals surface area (Å²) < 4.78 is 0. The van der Waals surface area contributed by atoms with Gasteiger partial charge in [0.1, 0.15) is 5.70 Å². The van der Waals surface area contributed by atoms with E-state index in [4.69, 9.17) is 5.11 Å². The van der Waals surface area contributed by atoms with Gasteiger partial charge in [0, 0.05) is 5.25 Å². The maximum Gasteiger partial charge on any atom is 0.352 e. The number of fused-ring (bicyclic) bond motifs is 1. The lowest BCUT2D eigenvalue weighted by atomic mass is 10.1. The van der Waals surface area contributed by atoms with Crippen LogP contribution in [0.15, 0.2) is 11.8 Å². The first-order chi connectivity index (χ1) is 6.09. The van der Waals surface area contributed by atoms with Crippen molar-refractivity contribution >= 4 is 23.6 Å². The summed E-state index contributed by atoms with van der Waals surface area (Å²) in [6, 6.07) is 0. The summed E-state index contributed by atoms with van der Waals surface area (Å²) in [6.45, 7) is 1.94. The first-order valence-corrected chi connectivity index (χ1v) is 4.96. The molecule has 3 N–H and O–H groups in total. The third-order valence-corrected chi connectivity index (χ3v) is 3.41. The van der Waals surface area contributed by atoms with Gasteiger partial charge in [0.2, 0.25) is 5.91 Å². The number of carboxylic acid groups (broad SMARTS) is 1. The van der Waals surface area contributed by atoms with E-state index in [0.717, 1.165) is 0 Å². The summed E-state index contributed by atoms with van der Waals surface area (Å²) in [4.78, 5) is 23.2. The molecule has 2 aliphatic heterocycles. The van der Waals surface area contributed by atoms with E-state index in [1.54, 1.807) is 17.8 Å². The highest BCUT2D eigenvalue weighted by Gasteiger charge is 2.44. The number of β-lactam (4-membered cyclic amide) rings is 1. The van der Waals surface area contributed by atoms with Crippen LogP contribution in [0.2, 0.25) is 0 Å². The molecule has 1 fully saturated rings. The van der Waals surface area contributed by atoms with Gasteiger partial charge in [-0.15, -0.1) is 11.8 Å². The number of thioether (sulfide) groups is 1. The smallest absolute Gasteiger partial charge is 0.352 e. The summed E-state index contributed by atoms with van der Waals surface area (Å²) in [5.74, 6) is -1.09. The lowest BCUT2D eigenvalue weighted by Gasteiger charge is -2.43. The van der Waals surface area contributed by atoms with Crippen LogP contribution in [0, 0.1) is 0 Å². The molecule has 0 aliphatic carbocycles. The first-order valence-electron chi connectivity index (χ1n) is 4.02. The number of amides is 1. The minimum atomic E-state index is -1.01. The van der Waals surface area contributed by atoms with E-state index >= 15 is 0 Å². The Morgan fingerprint density at radius 2 is 2.36 bits per heavy atom. The van der Waals surface area contributed by atoms with Crippen molar-refractivity contribution in [3.8, 4) is 0 Å². The lowest BCUT2D eigenvalue weighted by Crippen LogP contribution is -2.53. The summed E-state index contributed by atoms with van der Waals surface area (Å²) in [5.41, 5.74) is 0.146. The summed E-state index contributed by atoms with van der Waals surface area (Å²) >= 11 is 1.63. The van der Waals surface area contributed by atoms with Crippen LogP contribution in [0.1, 0.15) is 13.3 Å². The zero-order chi connectivity index (χ0) is 9.59. The molecule has 1 saturated heterocycles. The van der Waals surface area contributed by atoms with Crippen LogP contribution < -0.4 is 0 Å². The highest BCUT2D eigenvalue weighted by Crippen LogP contribution is 2.40. The predicted molar refractivity (Wildman–Crippen MR) is 51.6 cm³/mol. The van der Waals surface area contributed by atoms with Crippen LogP contribution in [-0.4, -0.2) is 38.0 Å². The minimum absolute atomic E-state index is 0. The van der Waals surface area contributed by atoms with Crippen LogP contribution in [0.5, 0.6) is 0 Å². The predicted octanol–water partition coefficient (Wildman–Crippen LogP) is -0.176. The molecule has 2 heterocycles. The van der Waals surface area contributed by atoms with Gasteiger partial charge in [-0.2, -0.15) is 0 Å². The Morgan fingerprint density at radius 3 is 2.86 bits per heavy atom. The number of carbonyl (C=O) groups is 2. The van der Waals surface area contributed by atoms with E-state index in [9.17, 15) is 9.59 Å². The normalized spacial score (nSPS) is 29.6. The molecule has 14 heavy (non-hydrogen) atoms. The monoisotopic (exact) mass is 217 g/mol. The molecule has 2 aliphatic rings. The Bertz CT molecular complexity index is 314. The zero-order valence-corrected chi connectivity index (χ0v) is 8.37. The topological polar surface area (TPSA) is 89.1 Å². The highest BCUT2D eigenvalue weighted by molar-refractivity contribution is 8.00. The van der Waals surface area contributed by atoms with Crippen LogP contribution in [0.3, 0.4) is 0 Å². The number of nitrogens with zero attached hydrogens (tertiary/aromatic N) is 1. The van der Waals surface area contributed by atoms with Crippen LogP contribution in [0.4, 0.5) is 0 Å². The van der Waals surface area contributed by atoms with Gasteiger partial charge in [0.05, 0.1) is 11.8 Å². The maximum atomic E-state index is 11.1. The molecule has 78 valence electrons. The van der Waals surface area contributed by atoms with E-state index in [1.165, 1.54) is 4.90 Å². The van der Waals surface area contributed by atoms with E-state index < -0.39 is 5.97 Å². The largest absolute Gasteiger partial charge is 0.477 e. The lowest BCUT2D eigenvalue weighted by molar-refractivity contribution is -0.146. The highest BCUT2D eigenvalue weighted by atomic mass is 32.2. The second-order valence-corrected chi connectivity index (χ2v) is 4.68. The van der Waals surface area contributed by atoms with Crippen molar-refractivity contribution in [1.82, 2.24) is 4.90 Å². The molecule has 0 radical (unpaired) electrons. The molecule has 0 aromatic rings. The average molecular weight is 217 g/mol. The number of carbonyl (C=O) groups excluding carboxylic acids is 1. The fraction of sp³-hybridized carbons (Fsp3) is 0.500. The van der Waals surface area contributed by atoms with E-state index in [1.807, 2.05) is 6.92 Å². The van der Waals surface area contributed by atoms with Crippen LogP contribution >= 0.6 is 11.8 Å². The Hall–Kier alpha value is -1.01. The molecule has 0 spiro atoms. The van der Waals surface area contributed by atoms with Crippen molar-refractivity contribution < 1.29 is 20.2 Å². The molecule has 1 unspecified atom stereocenters. The average Bonchev–Trinajstić information content (AvgIpc) is 2.01. The fourth-order valence-electron chi connectivity index (χ4n) is 1.55. The van der Waals surface area contributed by atoms with Gasteiger partial charge in [0.15, 0.2) is 0 Å².